The van der Waals surface area contributed by atoms with Crippen LogP contribution in [0.1, 0.15) is 19.3 Å². The number of rotatable bonds is 3. The van der Waals surface area contributed by atoms with E-state index in [9.17, 15) is 9.59 Å². The number of halogens is 1. The van der Waals surface area contributed by atoms with Gasteiger partial charge in [-0.15, -0.1) is 0 Å². The normalized spacial score (nSPS) is 40.2. The van der Waals surface area contributed by atoms with E-state index in [0.29, 0.717) is 24.6 Å². The molecular formula is C9H11BrO3. The summed E-state index contributed by atoms with van der Waals surface area (Å²) < 4.78 is 4.69. The maximum Gasteiger partial charge on any atom is 0.311 e. The first-order valence-electron chi connectivity index (χ1n) is 4.26. The van der Waals surface area contributed by atoms with E-state index >= 15 is 0 Å². The number of Topliss-reactive ketones (excluding diaryl/α,β-unsaturated/α-hetero) is 1. The lowest BCUT2D eigenvalue weighted by Crippen LogP contribution is -2.69. The summed E-state index contributed by atoms with van der Waals surface area (Å²) >= 11 is 3.16. The van der Waals surface area contributed by atoms with Gasteiger partial charge in [-0.2, -0.15) is 0 Å². The Labute approximate surface area is 85.0 Å². The number of alkyl halides is 1. The predicted octanol–water partition coefficient (Wildman–Crippen LogP) is 1.29. The minimum absolute atomic E-state index is 0.142. The van der Waals surface area contributed by atoms with Crippen molar-refractivity contribution in [2.75, 3.05) is 12.4 Å². The van der Waals surface area contributed by atoms with Gasteiger partial charge in [0.15, 0.2) is 0 Å². The maximum atomic E-state index is 11.4. The van der Waals surface area contributed by atoms with Gasteiger partial charge in [0, 0.05) is 5.41 Å². The van der Waals surface area contributed by atoms with Gasteiger partial charge in [-0.05, 0) is 19.3 Å². The minimum atomic E-state index is -0.285. The number of hydrogen-bond donors (Lipinski definition) is 0. The molecule has 2 bridgehead atoms. The van der Waals surface area contributed by atoms with Gasteiger partial charge >= 0.3 is 5.97 Å². The third kappa shape index (κ3) is 0.951. The summed E-state index contributed by atoms with van der Waals surface area (Å²) in [4.78, 5) is 22.7. The highest BCUT2D eigenvalue weighted by atomic mass is 79.9. The smallest absolute Gasteiger partial charge is 0.311 e. The van der Waals surface area contributed by atoms with Gasteiger partial charge in [-0.1, -0.05) is 15.9 Å². The van der Waals surface area contributed by atoms with Crippen molar-refractivity contribution >= 4 is 27.7 Å². The van der Waals surface area contributed by atoms with Gasteiger partial charge in [-0.25, -0.2) is 0 Å². The number of methoxy groups -OCH3 is 1. The second-order valence-electron chi connectivity index (χ2n) is 4.14. The largest absolute Gasteiger partial charge is 0.469 e. The van der Waals surface area contributed by atoms with E-state index in [4.69, 9.17) is 4.74 Å². The number of carbonyl (C=O) groups excluding carboxylic acids is 2. The molecule has 3 nitrogen and oxygen atoms in total. The van der Waals surface area contributed by atoms with E-state index in [1.165, 1.54) is 7.11 Å². The van der Waals surface area contributed by atoms with Crippen LogP contribution in [0.2, 0.25) is 0 Å². The third-order valence-electron chi connectivity index (χ3n) is 3.36. The molecule has 3 aliphatic carbocycles. The summed E-state index contributed by atoms with van der Waals surface area (Å²) in [6.45, 7) is 0. The van der Waals surface area contributed by atoms with Gasteiger partial charge < -0.3 is 4.74 Å². The molecule has 0 saturated heterocycles. The van der Waals surface area contributed by atoms with Crippen LogP contribution in [-0.4, -0.2) is 24.2 Å². The number of hydrogen-bond acceptors (Lipinski definition) is 3. The predicted molar refractivity (Wildman–Crippen MR) is 49.5 cm³/mol. The average molecular weight is 247 g/mol. The first-order chi connectivity index (χ1) is 6.08. The highest BCUT2D eigenvalue weighted by Gasteiger charge is 2.74. The molecule has 0 radical (unpaired) electrons. The molecule has 0 aromatic heterocycles. The van der Waals surface area contributed by atoms with Crippen molar-refractivity contribution in [3.8, 4) is 0 Å². The molecule has 0 atom stereocenters. The molecule has 3 saturated carbocycles. The van der Waals surface area contributed by atoms with Gasteiger partial charge in [0.25, 0.3) is 0 Å². The van der Waals surface area contributed by atoms with E-state index in [0.717, 1.165) is 0 Å². The van der Waals surface area contributed by atoms with Crippen molar-refractivity contribution in [3.63, 3.8) is 0 Å². The van der Waals surface area contributed by atoms with Crippen LogP contribution in [0, 0.1) is 10.8 Å². The zero-order valence-corrected chi connectivity index (χ0v) is 9.02. The maximum absolute atomic E-state index is 11.4. The molecule has 72 valence electrons. The Morgan fingerprint density at radius 1 is 1.31 bits per heavy atom. The molecule has 0 amide bonds. The molecule has 4 heteroatoms. The summed E-state index contributed by atoms with van der Waals surface area (Å²) in [5, 5.41) is 0.407. The van der Waals surface area contributed by atoms with Gasteiger partial charge in [0.05, 0.1) is 17.9 Å². The average Bonchev–Trinajstić information content (AvgIpc) is 1.98. The number of esters is 1. The van der Waals surface area contributed by atoms with Gasteiger partial charge in [0.1, 0.15) is 5.78 Å². The summed E-state index contributed by atoms with van der Waals surface area (Å²) in [6.07, 6.45) is 2.12. The highest BCUT2D eigenvalue weighted by Crippen LogP contribution is 2.74. The Hall–Kier alpha value is -0.380. The Balaban J connectivity index is 2.00. The van der Waals surface area contributed by atoms with Crippen molar-refractivity contribution < 1.29 is 14.3 Å². The Bertz CT molecular complexity index is 239. The number of ether oxygens (including phenoxy) is 1. The standard InChI is InChI=1S/C9H11BrO3/c1-13-7(12)9-3-8(4-9,5-9)6(11)2-10/h2-5H2,1H3. The second-order valence-corrected chi connectivity index (χ2v) is 4.70. The molecule has 0 aliphatic heterocycles. The van der Waals surface area contributed by atoms with Crippen LogP contribution in [0.25, 0.3) is 0 Å². The molecular weight excluding hydrogens is 236 g/mol. The summed E-state index contributed by atoms with van der Waals surface area (Å²) in [7, 11) is 1.40. The first-order valence-corrected chi connectivity index (χ1v) is 5.38. The number of carbonyl (C=O) groups is 2. The molecule has 0 aromatic carbocycles. The van der Waals surface area contributed by atoms with Crippen LogP contribution in [0.3, 0.4) is 0 Å². The second kappa shape index (κ2) is 2.56. The van der Waals surface area contributed by atoms with E-state index in [2.05, 4.69) is 15.9 Å². The SMILES string of the molecule is COC(=O)C12CC(C(=O)CBr)(C1)C2. The molecule has 3 fully saturated rings. The summed E-state index contributed by atoms with van der Waals surface area (Å²) in [5.41, 5.74) is -0.454. The lowest BCUT2D eigenvalue weighted by Gasteiger charge is -2.67. The number of ketones is 1. The molecule has 13 heavy (non-hydrogen) atoms. The van der Waals surface area contributed by atoms with E-state index in [-0.39, 0.29) is 22.6 Å². The zero-order valence-electron chi connectivity index (χ0n) is 7.43. The van der Waals surface area contributed by atoms with E-state index in [1.54, 1.807) is 0 Å². The zero-order chi connectivity index (χ0) is 9.69. The molecule has 3 aliphatic rings. The summed E-state index contributed by atoms with van der Waals surface area (Å²) in [5.74, 6) is 0.0926. The lowest BCUT2D eigenvalue weighted by molar-refractivity contribution is -0.220. The molecule has 0 N–H and O–H groups in total. The third-order valence-corrected chi connectivity index (χ3v) is 3.87. The van der Waals surface area contributed by atoms with Crippen LogP contribution in [0.15, 0.2) is 0 Å². The molecule has 3 rings (SSSR count). The van der Waals surface area contributed by atoms with E-state index < -0.39 is 0 Å². The van der Waals surface area contributed by atoms with Crippen LogP contribution in [0.5, 0.6) is 0 Å². The van der Waals surface area contributed by atoms with Crippen molar-refractivity contribution in [1.29, 1.82) is 0 Å². The minimum Gasteiger partial charge on any atom is -0.469 e. The van der Waals surface area contributed by atoms with Crippen molar-refractivity contribution in [1.82, 2.24) is 0 Å². The molecule has 0 aromatic rings. The Morgan fingerprint density at radius 3 is 2.23 bits per heavy atom. The Morgan fingerprint density at radius 2 is 1.85 bits per heavy atom. The fraction of sp³-hybridized carbons (Fsp3) is 0.778. The van der Waals surface area contributed by atoms with Crippen molar-refractivity contribution in [3.05, 3.63) is 0 Å². The van der Waals surface area contributed by atoms with Crippen LogP contribution in [-0.2, 0) is 14.3 Å². The molecule has 0 spiro atoms. The Kier molecular flexibility index (Phi) is 1.81. The fourth-order valence-electron chi connectivity index (χ4n) is 2.66. The van der Waals surface area contributed by atoms with Crippen LogP contribution < -0.4 is 0 Å². The highest BCUT2D eigenvalue weighted by molar-refractivity contribution is 9.09. The quantitative estimate of drug-likeness (QED) is 0.557. The van der Waals surface area contributed by atoms with E-state index in [1.807, 2.05) is 0 Å². The van der Waals surface area contributed by atoms with Crippen LogP contribution in [0.4, 0.5) is 0 Å². The van der Waals surface area contributed by atoms with Crippen LogP contribution >= 0.6 is 15.9 Å². The summed E-state index contributed by atoms with van der Waals surface area (Å²) in [6, 6.07) is 0. The lowest BCUT2D eigenvalue weighted by atomic mass is 9.34. The van der Waals surface area contributed by atoms with Crippen molar-refractivity contribution in [2.45, 2.75) is 19.3 Å². The monoisotopic (exact) mass is 246 g/mol. The van der Waals surface area contributed by atoms with Gasteiger partial charge in [-0.3, -0.25) is 9.59 Å². The molecule has 0 unspecified atom stereocenters. The van der Waals surface area contributed by atoms with Gasteiger partial charge in [0.2, 0.25) is 0 Å². The van der Waals surface area contributed by atoms with Crippen molar-refractivity contribution in [2.24, 2.45) is 10.8 Å². The fourth-order valence-corrected chi connectivity index (χ4v) is 3.25. The molecule has 0 heterocycles. The topological polar surface area (TPSA) is 43.4 Å². The first kappa shape index (κ1) is 9.19.